The Bertz CT molecular complexity index is 814. The summed E-state index contributed by atoms with van der Waals surface area (Å²) in [5.41, 5.74) is 1.92. The molecule has 7 heteroatoms. The summed E-state index contributed by atoms with van der Waals surface area (Å²) >= 11 is 5.87. The quantitative estimate of drug-likeness (QED) is 0.692. The summed E-state index contributed by atoms with van der Waals surface area (Å²) in [6.07, 6.45) is 3.20. The summed E-state index contributed by atoms with van der Waals surface area (Å²) in [4.78, 5) is 24.9. The maximum atomic E-state index is 11.9. The highest BCUT2D eigenvalue weighted by Gasteiger charge is 2.17. The minimum Gasteiger partial charge on any atom is -0.465 e. The van der Waals surface area contributed by atoms with E-state index in [0.717, 1.165) is 0 Å². The van der Waals surface area contributed by atoms with Gasteiger partial charge in [0.25, 0.3) is 0 Å². The van der Waals surface area contributed by atoms with Crippen molar-refractivity contribution in [1.82, 2.24) is 19.5 Å². The maximum absolute atomic E-state index is 11.9. The van der Waals surface area contributed by atoms with E-state index in [9.17, 15) is 4.79 Å². The molecule has 0 aliphatic rings. The van der Waals surface area contributed by atoms with E-state index in [2.05, 4.69) is 15.0 Å². The molecule has 22 heavy (non-hydrogen) atoms. The second-order valence-electron chi connectivity index (χ2n) is 4.53. The van der Waals surface area contributed by atoms with Gasteiger partial charge in [-0.15, -0.1) is 0 Å². The number of hydrogen-bond donors (Lipinski definition) is 0. The minimum atomic E-state index is -0.345. The van der Waals surface area contributed by atoms with Gasteiger partial charge >= 0.3 is 5.97 Å². The zero-order valence-electron chi connectivity index (χ0n) is 11.9. The van der Waals surface area contributed by atoms with Crippen molar-refractivity contribution in [3.8, 4) is 11.5 Å². The number of hydrogen-bond acceptors (Lipinski definition) is 5. The second kappa shape index (κ2) is 6.11. The Labute approximate surface area is 131 Å². The number of carbonyl (C=O) groups is 1. The van der Waals surface area contributed by atoms with E-state index in [1.165, 1.54) is 0 Å². The number of halogens is 1. The van der Waals surface area contributed by atoms with Crippen LogP contribution in [0.1, 0.15) is 6.92 Å². The van der Waals surface area contributed by atoms with Crippen molar-refractivity contribution in [3.05, 3.63) is 41.7 Å². The van der Waals surface area contributed by atoms with Crippen LogP contribution in [0, 0.1) is 0 Å². The third-order valence-electron chi connectivity index (χ3n) is 3.05. The lowest BCUT2D eigenvalue weighted by molar-refractivity contribution is -0.143. The zero-order chi connectivity index (χ0) is 15.5. The Morgan fingerprint density at radius 1 is 1.32 bits per heavy atom. The molecule has 0 aliphatic carbocycles. The first kappa shape index (κ1) is 14.5. The van der Waals surface area contributed by atoms with Crippen molar-refractivity contribution in [3.63, 3.8) is 0 Å². The molecule has 0 radical (unpaired) electrons. The van der Waals surface area contributed by atoms with Crippen LogP contribution in [0.2, 0.25) is 5.02 Å². The fraction of sp³-hybridized carbons (Fsp3) is 0.200. The van der Waals surface area contributed by atoms with E-state index in [0.29, 0.717) is 34.3 Å². The number of ether oxygens (including phenoxy) is 1. The molecule has 0 aliphatic heterocycles. The van der Waals surface area contributed by atoms with Crippen LogP contribution in [-0.2, 0) is 16.1 Å². The van der Waals surface area contributed by atoms with Crippen LogP contribution in [0.15, 0.2) is 36.7 Å². The molecule has 0 amide bonds. The van der Waals surface area contributed by atoms with Gasteiger partial charge in [0.1, 0.15) is 17.8 Å². The van der Waals surface area contributed by atoms with Gasteiger partial charge in [0, 0.05) is 12.4 Å². The lowest BCUT2D eigenvalue weighted by Crippen LogP contribution is -2.14. The Hall–Kier alpha value is -2.47. The number of esters is 1. The van der Waals surface area contributed by atoms with E-state index in [1.54, 1.807) is 42.1 Å². The molecular formula is C15H13ClN4O2. The largest absolute Gasteiger partial charge is 0.465 e. The SMILES string of the molecule is CCOC(=O)Cn1c(-c2ccc(Cl)cn2)nc2cccnc21. The topological polar surface area (TPSA) is 69.9 Å². The van der Waals surface area contributed by atoms with Gasteiger partial charge in [-0.3, -0.25) is 14.3 Å². The van der Waals surface area contributed by atoms with Crippen LogP contribution < -0.4 is 0 Å². The molecule has 0 saturated carbocycles. The van der Waals surface area contributed by atoms with Crippen molar-refractivity contribution < 1.29 is 9.53 Å². The van der Waals surface area contributed by atoms with Crippen LogP contribution in [-0.4, -0.2) is 32.1 Å². The third-order valence-corrected chi connectivity index (χ3v) is 3.28. The number of imidazole rings is 1. The normalized spacial score (nSPS) is 10.8. The molecule has 0 saturated heterocycles. The monoisotopic (exact) mass is 316 g/mol. The molecule has 0 spiro atoms. The van der Waals surface area contributed by atoms with Crippen LogP contribution in [0.5, 0.6) is 0 Å². The number of fused-ring (bicyclic) bond motifs is 1. The summed E-state index contributed by atoms with van der Waals surface area (Å²) in [7, 11) is 0. The molecule has 3 heterocycles. The van der Waals surface area contributed by atoms with Crippen LogP contribution >= 0.6 is 11.6 Å². The Balaban J connectivity index is 2.11. The first-order valence-electron chi connectivity index (χ1n) is 6.78. The standard InChI is InChI=1S/C15H13ClN4O2/c1-2-22-13(21)9-20-14-12(4-3-7-17-14)19-15(20)11-6-5-10(16)8-18-11/h3-8H,2,9H2,1H3. The van der Waals surface area contributed by atoms with Crippen molar-refractivity contribution in [2.75, 3.05) is 6.61 Å². The van der Waals surface area contributed by atoms with Gasteiger partial charge < -0.3 is 4.74 Å². The fourth-order valence-electron chi connectivity index (χ4n) is 2.15. The first-order chi connectivity index (χ1) is 10.7. The molecule has 0 aromatic carbocycles. The van der Waals surface area contributed by atoms with E-state index < -0.39 is 0 Å². The molecule has 0 bridgehead atoms. The molecule has 0 fully saturated rings. The van der Waals surface area contributed by atoms with Crippen LogP contribution in [0.3, 0.4) is 0 Å². The van der Waals surface area contributed by atoms with E-state index in [4.69, 9.17) is 16.3 Å². The first-order valence-corrected chi connectivity index (χ1v) is 7.15. The average molecular weight is 317 g/mol. The Morgan fingerprint density at radius 3 is 2.91 bits per heavy atom. The molecule has 112 valence electrons. The second-order valence-corrected chi connectivity index (χ2v) is 4.97. The highest BCUT2D eigenvalue weighted by atomic mass is 35.5. The van der Waals surface area contributed by atoms with Crippen molar-refractivity contribution >= 4 is 28.7 Å². The Kier molecular flexibility index (Phi) is 4.02. The predicted octanol–water partition coefficient (Wildman–Crippen LogP) is 2.71. The fourth-order valence-corrected chi connectivity index (χ4v) is 2.26. The maximum Gasteiger partial charge on any atom is 0.326 e. The number of nitrogens with zero attached hydrogens (tertiary/aromatic N) is 4. The molecular weight excluding hydrogens is 304 g/mol. The minimum absolute atomic E-state index is 0.0288. The molecule has 0 N–H and O–H groups in total. The van der Waals surface area contributed by atoms with Crippen molar-refractivity contribution in [2.45, 2.75) is 13.5 Å². The molecule has 0 atom stereocenters. The van der Waals surface area contributed by atoms with E-state index in [-0.39, 0.29) is 12.5 Å². The van der Waals surface area contributed by atoms with Gasteiger partial charge in [0.15, 0.2) is 11.5 Å². The molecule has 0 unspecified atom stereocenters. The highest BCUT2D eigenvalue weighted by molar-refractivity contribution is 6.30. The molecule has 3 aromatic rings. The van der Waals surface area contributed by atoms with E-state index in [1.807, 2.05) is 6.07 Å². The van der Waals surface area contributed by atoms with Gasteiger partial charge in [-0.1, -0.05) is 11.6 Å². The van der Waals surface area contributed by atoms with E-state index >= 15 is 0 Å². The van der Waals surface area contributed by atoms with Crippen molar-refractivity contribution in [1.29, 1.82) is 0 Å². The summed E-state index contributed by atoms with van der Waals surface area (Å²) in [6, 6.07) is 7.11. The van der Waals surface area contributed by atoms with Crippen LogP contribution in [0.25, 0.3) is 22.7 Å². The van der Waals surface area contributed by atoms with Gasteiger partial charge in [0.05, 0.1) is 11.6 Å². The predicted molar refractivity (Wildman–Crippen MR) is 82.4 cm³/mol. The van der Waals surface area contributed by atoms with Crippen LogP contribution in [0.4, 0.5) is 0 Å². The summed E-state index contributed by atoms with van der Waals surface area (Å²) in [6.45, 7) is 2.12. The smallest absolute Gasteiger partial charge is 0.326 e. The lowest BCUT2D eigenvalue weighted by Gasteiger charge is -2.07. The third kappa shape index (κ3) is 2.78. The molecule has 6 nitrogen and oxygen atoms in total. The van der Waals surface area contributed by atoms with Gasteiger partial charge in [-0.25, -0.2) is 9.97 Å². The Morgan fingerprint density at radius 2 is 2.18 bits per heavy atom. The summed E-state index contributed by atoms with van der Waals surface area (Å²) in [5, 5.41) is 0.537. The molecule has 3 aromatic heterocycles. The average Bonchev–Trinajstić information content (AvgIpc) is 2.87. The number of carbonyl (C=O) groups excluding carboxylic acids is 1. The summed E-state index contributed by atoms with van der Waals surface area (Å²) in [5.74, 6) is 0.209. The number of aromatic nitrogens is 4. The highest BCUT2D eigenvalue weighted by Crippen LogP contribution is 2.23. The summed E-state index contributed by atoms with van der Waals surface area (Å²) < 4.78 is 6.72. The lowest BCUT2D eigenvalue weighted by atomic mass is 10.3. The van der Waals surface area contributed by atoms with Crippen molar-refractivity contribution in [2.24, 2.45) is 0 Å². The van der Waals surface area contributed by atoms with Gasteiger partial charge in [0.2, 0.25) is 0 Å². The number of rotatable bonds is 4. The zero-order valence-corrected chi connectivity index (χ0v) is 12.6. The van der Waals surface area contributed by atoms with Gasteiger partial charge in [-0.2, -0.15) is 0 Å². The molecule has 3 rings (SSSR count). The number of pyridine rings is 2. The van der Waals surface area contributed by atoms with Gasteiger partial charge in [-0.05, 0) is 31.2 Å².